The predicted octanol–water partition coefficient (Wildman–Crippen LogP) is 4.71. The van der Waals surface area contributed by atoms with Crippen LogP contribution in [0.5, 0.6) is 0 Å². The van der Waals surface area contributed by atoms with Gasteiger partial charge in [0.05, 0.1) is 11.6 Å². The number of pyridine rings is 1. The van der Waals surface area contributed by atoms with Gasteiger partial charge in [0.1, 0.15) is 6.61 Å². The fourth-order valence-corrected chi connectivity index (χ4v) is 3.40. The molecule has 4 rings (SSSR count). The fourth-order valence-electron chi connectivity index (χ4n) is 3.40. The number of rotatable bonds is 3. The maximum atomic E-state index is 12.5. The van der Waals surface area contributed by atoms with Crippen LogP contribution in [0.15, 0.2) is 66.9 Å². The number of amides is 1. The van der Waals surface area contributed by atoms with Crippen LogP contribution in [0.3, 0.4) is 0 Å². The molecule has 4 nitrogen and oxygen atoms in total. The quantitative estimate of drug-likeness (QED) is 0.697. The van der Waals surface area contributed by atoms with E-state index >= 15 is 0 Å². The highest BCUT2D eigenvalue weighted by atomic mass is 16.6. The number of para-hydroxylation sites is 1. The molecule has 3 aromatic rings. The van der Waals surface area contributed by atoms with E-state index in [-0.39, 0.29) is 12.1 Å². The number of carbonyl (C=O) groups is 1. The predicted molar refractivity (Wildman–Crippen MR) is 97.1 cm³/mol. The summed E-state index contributed by atoms with van der Waals surface area (Å²) in [5.41, 5.74) is 3.05. The third kappa shape index (κ3) is 3.33. The smallest absolute Gasteiger partial charge is 0.410 e. The standard InChI is InChI=1S/C21H20N2O2/c24-21(25-15-16-7-2-1-3-8-16)23-12-6-11-20(23)18-13-17-9-4-5-10-19(17)22-14-18/h1-5,7-10,13-14,20H,6,11-12,15H2/t20-/m0/s1. The Kier molecular flexibility index (Phi) is 4.34. The molecule has 1 aliphatic rings. The Labute approximate surface area is 147 Å². The van der Waals surface area contributed by atoms with Crippen LogP contribution in [-0.2, 0) is 11.3 Å². The topological polar surface area (TPSA) is 42.4 Å². The average Bonchev–Trinajstić information content (AvgIpc) is 3.16. The molecule has 0 unspecified atom stereocenters. The monoisotopic (exact) mass is 332 g/mol. The molecule has 1 aliphatic heterocycles. The Hall–Kier alpha value is -2.88. The molecule has 126 valence electrons. The van der Waals surface area contributed by atoms with Crippen molar-refractivity contribution >= 4 is 17.0 Å². The molecule has 1 amide bonds. The number of fused-ring (bicyclic) bond motifs is 1. The summed E-state index contributed by atoms with van der Waals surface area (Å²) < 4.78 is 5.52. The summed E-state index contributed by atoms with van der Waals surface area (Å²) in [6.45, 7) is 1.03. The van der Waals surface area contributed by atoms with Crippen LogP contribution < -0.4 is 0 Å². The number of likely N-dealkylation sites (tertiary alicyclic amines) is 1. The summed E-state index contributed by atoms with van der Waals surface area (Å²) in [7, 11) is 0. The second kappa shape index (κ2) is 6.93. The van der Waals surface area contributed by atoms with Crippen LogP contribution in [0.2, 0.25) is 0 Å². The van der Waals surface area contributed by atoms with Gasteiger partial charge in [0.25, 0.3) is 0 Å². The van der Waals surface area contributed by atoms with Gasteiger partial charge in [-0.15, -0.1) is 0 Å². The highest BCUT2D eigenvalue weighted by Gasteiger charge is 2.31. The van der Waals surface area contributed by atoms with Crippen molar-refractivity contribution in [2.45, 2.75) is 25.5 Å². The molecule has 0 radical (unpaired) electrons. The highest BCUT2D eigenvalue weighted by Crippen LogP contribution is 2.33. The lowest BCUT2D eigenvalue weighted by atomic mass is 10.0. The number of benzene rings is 2. The first-order valence-corrected chi connectivity index (χ1v) is 8.63. The molecule has 1 aromatic heterocycles. The SMILES string of the molecule is O=C(OCc1ccccc1)N1CCC[C@H]1c1cnc2ccccc2c1. The zero-order valence-electron chi connectivity index (χ0n) is 14.0. The lowest BCUT2D eigenvalue weighted by Gasteiger charge is -2.24. The number of ether oxygens (including phenoxy) is 1. The summed E-state index contributed by atoms with van der Waals surface area (Å²) >= 11 is 0. The molecule has 0 spiro atoms. The van der Waals surface area contributed by atoms with Gasteiger partial charge in [-0.05, 0) is 36.1 Å². The van der Waals surface area contributed by atoms with Crippen LogP contribution in [0.25, 0.3) is 10.9 Å². The van der Waals surface area contributed by atoms with Gasteiger partial charge < -0.3 is 9.64 Å². The van der Waals surface area contributed by atoms with Gasteiger partial charge in [0, 0.05) is 18.1 Å². The molecule has 2 heterocycles. The number of aromatic nitrogens is 1. The number of hydrogen-bond donors (Lipinski definition) is 0. The first-order valence-electron chi connectivity index (χ1n) is 8.63. The van der Waals surface area contributed by atoms with Gasteiger partial charge in [-0.2, -0.15) is 0 Å². The van der Waals surface area contributed by atoms with Crippen LogP contribution in [0.4, 0.5) is 4.79 Å². The Bertz CT molecular complexity index is 879. The summed E-state index contributed by atoms with van der Waals surface area (Å²) in [6, 6.07) is 20.0. The van der Waals surface area contributed by atoms with Crippen molar-refractivity contribution in [3.8, 4) is 0 Å². The lowest BCUT2D eigenvalue weighted by molar-refractivity contribution is 0.0920. The van der Waals surface area contributed by atoms with Gasteiger partial charge in [-0.1, -0.05) is 48.5 Å². The van der Waals surface area contributed by atoms with Crippen molar-refractivity contribution in [1.29, 1.82) is 0 Å². The first kappa shape index (κ1) is 15.6. The van der Waals surface area contributed by atoms with Gasteiger partial charge in [-0.3, -0.25) is 4.98 Å². The van der Waals surface area contributed by atoms with Crippen molar-refractivity contribution in [2.75, 3.05) is 6.54 Å². The normalized spacial score (nSPS) is 17.0. The van der Waals surface area contributed by atoms with E-state index in [0.717, 1.165) is 41.4 Å². The molecule has 25 heavy (non-hydrogen) atoms. The van der Waals surface area contributed by atoms with Crippen molar-refractivity contribution in [3.63, 3.8) is 0 Å². The van der Waals surface area contributed by atoms with Crippen molar-refractivity contribution < 1.29 is 9.53 Å². The number of hydrogen-bond acceptors (Lipinski definition) is 3. The first-order chi connectivity index (χ1) is 12.3. The van der Waals surface area contributed by atoms with E-state index in [1.54, 1.807) is 0 Å². The van der Waals surface area contributed by atoms with E-state index in [4.69, 9.17) is 4.74 Å². The molecule has 1 saturated heterocycles. The average molecular weight is 332 g/mol. The summed E-state index contributed by atoms with van der Waals surface area (Å²) in [5, 5.41) is 1.10. The molecule has 0 N–H and O–H groups in total. The van der Waals surface area contributed by atoms with Crippen LogP contribution >= 0.6 is 0 Å². The molecule has 0 bridgehead atoms. The third-order valence-corrected chi connectivity index (χ3v) is 4.69. The number of carbonyl (C=O) groups excluding carboxylic acids is 1. The molecular weight excluding hydrogens is 312 g/mol. The van der Waals surface area contributed by atoms with Crippen molar-refractivity contribution in [1.82, 2.24) is 9.88 Å². The Morgan fingerprint density at radius 3 is 2.80 bits per heavy atom. The molecule has 1 atom stereocenters. The van der Waals surface area contributed by atoms with E-state index < -0.39 is 0 Å². The largest absolute Gasteiger partial charge is 0.445 e. The summed E-state index contributed by atoms with van der Waals surface area (Å²) in [6.07, 6.45) is 3.56. The van der Waals surface area contributed by atoms with Crippen molar-refractivity contribution in [2.24, 2.45) is 0 Å². The second-order valence-electron chi connectivity index (χ2n) is 6.35. The minimum Gasteiger partial charge on any atom is -0.445 e. The molecular formula is C21H20N2O2. The molecule has 2 aromatic carbocycles. The number of nitrogens with zero attached hydrogens (tertiary/aromatic N) is 2. The molecule has 0 aliphatic carbocycles. The summed E-state index contributed by atoms with van der Waals surface area (Å²) in [5.74, 6) is 0. The van der Waals surface area contributed by atoms with Crippen LogP contribution in [0, 0.1) is 0 Å². The van der Waals surface area contributed by atoms with E-state index in [0.29, 0.717) is 6.61 Å². The fraction of sp³-hybridized carbons (Fsp3) is 0.238. The zero-order chi connectivity index (χ0) is 17.1. The molecule has 4 heteroatoms. The summed E-state index contributed by atoms with van der Waals surface area (Å²) in [4.78, 5) is 18.9. The van der Waals surface area contributed by atoms with Gasteiger partial charge >= 0.3 is 6.09 Å². The lowest BCUT2D eigenvalue weighted by Crippen LogP contribution is -2.31. The van der Waals surface area contributed by atoms with Crippen molar-refractivity contribution in [3.05, 3.63) is 78.0 Å². The van der Waals surface area contributed by atoms with Gasteiger partial charge in [-0.25, -0.2) is 4.79 Å². The van der Waals surface area contributed by atoms with E-state index in [1.807, 2.05) is 59.6 Å². The minimum absolute atomic E-state index is 0.0420. The van der Waals surface area contributed by atoms with E-state index in [2.05, 4.69) is 17.1 Å². The molecule has 0 saturated carbocycles. The second-order valence-corrected chi connectivity index (χ2v) is 6.35. The Morgan fingerprint density at radius 2 is 1.92 bits per heavy atom. The van der Waals surface area contributed by atoms with Gasteiger partial charge in [0.2, 0.25) is 0 Å². The highest BCUT2D eigenvalue weighted by molar-refractivity contribution is 5.79. The van der Waals surface area contributed by atoms with Crippen LogP contribution in [0.1, 0.15) is 30.0 Å². The maximum Gasteiger partial charge on any atom is 0.410 e. The maximum absolute atomic E-state index is 12.5. The minimum atomic E-state index is -0.250. The van der Waals surface area contributed by atoms with Gasteiger partial charge in [0.15, 0.2) is 0 Å². The van der Waals surface area contributed by atoms with E-state index in [9.17, 15) is 4.79 Å². The molecule has 1 fully saturated rings. The Morgan fingerprint density at radius 1 is 1.12 bits per heavy atom. The Balaban J connectivity index is 1.50. The zero-order valence-corrected chi connectivity index (χ0v) is 14.0. The van der Waals surface area contributed by atoms with Crippen LogP contribution in [-0.4, -0.2) is 22.5 Å². The van der Waals surface area contributed by atoms with E-state index in [1.165, 1.54) is 0 Å². The third-order valence-electron chi connectivity index (χ3n) is 4.69.